The topological polar surface area (TPSA) is 95.6 Å². The van der Waals surface area contributed by atoms with Crippen molar-refractivity contribution in [1.29, 1.82) is 0 Å². The van der Waals surface area contributed by atoms with Crippen molar-refractivity contribution in [2.45, 2.75) is 13.0 Å². The molecule has 80 valence electrons. The molecule has 2 amide bonds. The highest BCUT2D eigenvalue weighted by Crippen LogP contribution is 2.08. The zero-order chi connectivity index (χ0) is 10.9. The van der Waals surface area contributed by atoms with Crippen LogP contribution in [0.4, 0.5) is 0 Å². The SMILES string of the molecule is CNS(=O)(=O)N1CC(=O)NC(=O)C1C. The molecule has 0 aliphatic carbocycles. The number of nitrogens with zero attached hydrogens (tertiary/aromatic N) is 1. The van der Waals surface area contributed by atoms with Gasteiger partial charge in [0, 0.05) is 7.05 Å². The molecule has 0 aromatic carbocycles. The molecule has 1 aliphatic rings. The lowest BCUT2D eigenvalue weighted by Gasteiger charge is -2.29. The van der Waals surface area contributed by atoms with Crippen LogP contribution in [0.1, 0.15) is 6.92 Å². The molecule has 0 bridgehead atoms. The first-order valence-corrected chi connectivity index (χ1v) is 5.36. The van der Waals surface area contributed by atoms with E-state index in [1.807, 2.05) is 10.0 Å². The fourth-order valence-electron chi connectivity index (χ4n) is 1.10. The van der Waals surface area contributed by atoms with Gasteiger partial charge >= 0.3 is 0 Å². The van der Waals surface area contributed by atoms with Gasteiger partial charge in [0.1, 0.15) is 6.04 Å². The summed E-state index contributed by atoms with van der Waals surface area (Å²) in [6, 6.07) is -0.870. The summed E-state index contributed by atoms with van der Waals surface area (Å²) in [5.74, 6) is -1.23. The lowest BCUT2D eigenvalue weighted by Crippen LogP contribution is -2.60. The Bertz CT molecular complexity index is 363. The van der Waals surface area contributed by atoms with Gasteiger partial charge in [-0.25, -0.2) is 4.72 Å². The smallest absolute Gasteiger partial charge is 0.280 e. The van der Waals surface area contributed by atoms with Crippen molar-refractivity contribution in [3.8, 4) is 0 Å². The van der Waals surface area contributed by atoms with Gasteiger partial charge in [-0.2, -0.15) is 12.7 Å². The molecule has 0 aromatic heterocycles. The summed E-state index contributed by atoms with van der Waals surface area (Å²) < 4.78 is 25.5. The van der Waals surface area contributed by atoms with Gasteiger partial charge in [0.2, 0.25) is 11.8 Å². The highest BCUT2D eigenvalue weighted by atomic mass is 32.2. The first-order chi connectivity index (χ1) is 6.38. The second kappa shape index (κ2) is 3.64. The molecule has 14 heavy (non-hydrogen) atoms. The van der Waals surface area contributed by atoms with Crippen molar-refractivity contribution in [3.63, 3.8) is 0 Å². The molecule has 1 atom stereocenters. The van der Waals surface area contributed by atoms with Crippen molar-refractivity contribution < 1.29 is 18.0 Å². The summed E-state index contributed by atoms with van der Waals surface area (Å²) in [4.78, 5) is 22.0. The van der Waals surface area contributed by atoms with Crippen LogP contribution in [0.2, 0.25) is 0 Å². The molecule has 1 fully saturated rings. The number of amides is 2. The number of carbonyl (C=O) groups excluding carboxylic acids is 2. The van der Waals surface area contributed by atoms with Crippen molar-refractivity contribution >= 4 is 22.0 Å². The van der Waals surface area contributed by atoms with Gasteiger partial charge in [0.15, 0.2) is 0 Å². The van der Waals surface area contributed by atoms with Crippen LogP contribution in [0, 0.1) is 0 Å². The average molecular weight is 221 g/mol. The maximum Gasteiger partial charge on any atom is 0.280 e. The fourth-order valence-corrected chi connectivity index (χ4v) is 2.13. The summed E-state index contributed by atoms with van der Waals surface area (Å²) in [6.45, 7) is 1.08. The first-order valence-electron chi connectivity index (χ1n) is 3.92. The van der Waals surface area contributed by atoms with Crippen LogP contribution in [0.15, 0.2) is 0 Å². The molecule has 0 aromatic rings. The molecular weight excluding hydrogens is 210 g/mol. The Balaban J connectivity index is 2.98. The predicted octanol–water partition coefficient (Wildman–Crippen LogP) is -2.20. The van der Waals surface area contributed by atoms with Gasteiger partial charge in [-0.3, -0.25) is 14.9 Å². The van der Waals surface area contributed by atoms with Crippen LogP contribution in [0.3, 0.4) is 0 Å². The lowest BCUT2D eigenvalue weighted by atomic mass is 10.2. The molecule has 1 saturated heterocycles. The summed E-state index contributed by atoms with van der Waals surface area (Å²) in [6.07, 6.45) is 0. The van der Waals surface area contributed by atoms with Gasteiger partial charge in [-0.05, 0) is 6.92 Å². The van der Waals surface area contributed by atoms with Crippen LogP contribution < -0.4 is 10.0 Å². The number of nitrogens with one attached hydrogen (secondary N) is 2. The average Bonchev–Trinajstić information content (AvgIpc) is 2.11. The molecule has 1 rings (SSSR count). The van der Waals surface area contributed by atoms with Gasteiger partial charge < -0.3 is 0 Å². The number of rotatable bonds is 2. The Hall–Kier alpha value is -0.990. The summed E-state index contributed by atoms with van der Waals surface area (Å²) in [5, 5.41) is 2.04. The number of carbonyl (C=O) groups is 2. The molecule has 0 spiro atoms. The number of piperazine rings is 1. The molecule has 2 N–H and O–H groups in total. The molecular formula is C6H11N3O4S. The van der Waals surface area contributed by atoms with E-state index in [1.54, 1.807) is 0 Å². The molecule has 0 radical (unpaired) electrons. The number of hydrogen-bond acceptors (Lipinski definition) is 4. The van der Waals surface area contributed by atoms with Crippen LogP contribution in [-0.4, -0.2) is 44.2 Å². The molecule has 0 saturated carbocycles. The minimum atomic E-state index is -3.73. The third-order valence-corrected chi connectivity index (χ3v) is 3.52. The van der Waals surface area contributed by atoms with Gasteiger partial charge in [0.05, 0.1) is 6.54 Å². The van der Waals surface area contributed by atoms with E-state index in [0.29, 0.717) is 0 Å². The third kappa shape index (κ3) is 1.91. The van der Waals surface area contributed by atoms with Gasteiger partial charge in [0.25, 0.3) is 10.2 Å². The largest absolute Gasteiger partial charge is 0.294 e. The second-order valence-corrected chi connectivity index (χ2v) is 4.67. The molecule has 8 heteroatoms. The summed E-state index contributed by atoms with van der Waals surface area (Å²) in [5.41, 5.74) is 0. The zero-order valence-corrected chi connectivity index (χ0v) is 8.59. The van der Waals surface area contributed by atoms with E-state index in [4.69, 9.17) is 0 Å². The molecule has 1 heterocycles. The zero-order valence-electron chi connectivity index (χ0n) is 7.77. The van der Waals surface area contributed by atoms with Crippen molar-refractivity contribution in [2.24, 2.45) is 0 Å². The summed E-state index contributed by atoms with van der Waals surface area (Å²) in [7, 11) is -2.51. The normalized spacial score (nSPS) is 24.9. The van der Waals surface area contributed by atoms with Crippen molar-refractivity contribution in [3.05, 3.63) is 0 Å². The quantitative estimate of drug-likeness (QED) is 0.517. The highest BCUT2D eigenvalue weighted by Gasteiger charge is 2.37. The number of hydrogen-bond donors (Lipinski definition) is 2. The van der Waals surface area contributed by atoms with E-state index < -0.39 is 28.1 Å². The Labute approximate surface area is 81.6 Å². The van der Waals surface area contributed by atoms with Crippen molar-refractivity contribution in [2.75, 3.05) is 13.6 Å². The maximum atomic E-state index is 11.3. The van der Waals surface area contributed by atoms with E-state index >= 15 is 0 Å². The lowest BCUT2D eigenvalue weighted by molar-refractivity contribution is -0.136. The molecule has 1 unspecified atom stereocenters. The van der Waals surface area contributed by atoms with Crippen LogP contribution in [0.25, 0.3) is 0 Å². The summed E-state index contributed by atoms with van der Waals surface area (Å²) >= 11 is 0. The monoisotopic (exact) mass is 221 g/mol. The molecule has 1 aliphatic heterocycles. The van der Waals surface area contributed by atoms with Crippen molar-refractivity contribution in [1.82, 2.24) is 14.3 Å². The molecule has 7 nitrogen and oxygen atoms in total. The Morgan fingerprint density at radius 1 is 1.50 bits per heavy atom. The van der Waals surface area contributed by atoms with E-state index in [-0.39, 0.29) is 6.54 Å². The maximum absolute atomic E-state index is 11.3. The predicted molar refractivity (Wildman–Crippen MR) is 47.3 cm³/mol. The fraction of sp³-hybridized carbons (Fsp3) is 0.667. The minimum absolute atomic E-state index is 0.337. The van der Waals surface area contributed by atoms with E-state index in [1.165, 1.54) is 14.0 Å². The second-order valence-electron chi connectivity index (χ2n) is 2.84. The first kappa shape index (κ1) is 11.1. The van der Waals surface area contributed by atoms with E-state index in [2.05, 4.69) is 0 Å². The number of imide groups is 1. The highest BCUT2D eigenvalue weighted by molar-refractivity contribution is 7.87. The van der Waals surface area contributed by atoms with Gasteiger partial charge in [-0.1, -0.05) is 0 Å². The third-order valence-electron chi connectivity index (χ3n) is 1.94. The van der Waals surface area contributed by atoms with Crippen LogP contribution in [-0.2, 0) is 19.8 Å². The minimum Gasteiger partial charge on any atom is -0.294 e. The standard InChI is InChI=1S/C6H11N3O4S/c1-4-6(11)8-5(10)3-9(4)14(12,13)7-2/h4,7H,3H2,1-2H3,(H,8,10,11). The van der Waals surface area contributed by atoms with E-state index in [0.717, 1.165) is 4.31 Å². The van der Waals surface area contributed by atoms with Crippen LogP contribution >= 0.6 is 0 Å². The Kier molecular flexibility index (Phi) is 2.88. The Morgan fingerprint density at radius 2 is 2.07 bits per heavy atom. The van der Waals surface area contributed by atoms with Crippen LogP contribution in [0.5, 0.6) is 0 Å². The Morgan fingerprint density at radius 3 is 2.57 bits per heavy atom. The van der Waals surface area contributed by atoms with E-state index in [9.17, 15) is 18.0 Å². The van der Waals surface area contributed by atoms with Gasteiger partial charge in [-0.15, -0.1) is 0 Å².